The topological polar surface area (TPSA) is 70.6 Å². The lowest BCUT2D eigenvalue weighted by molar-refractivity contribution is 0.0664. The zero-order chi connectivity index (χ0) is 22.6. The summed E-state index contributed by atoms with van der Waals surface area (Å²) in [6.07, 6.45) is 6.60. The number of nitrogens with zero attached hydrogens (tertiary/aromatic N) is 4. The van der Waals surface area contributed by atoms with Gasteiger partial charge in [-0.05, 0) is 55.4 Å². The van der Waals surface area contributed by atoms with E-state index < -0.39 is 0 Å². The van der Waals surface area contributed by atoms with Crippen LogP contribution in [0.3, 0.4) is 0 Å². The molecular formula is C26H27N5O2. The van der Waals surface area contributed by atoms with Crippen LogP contribution in [0.4, 0.5) is 11.6 Å². The fraction of sp³-hybridized carbons (Fsp3) is 0.269. The Bertz CT molecular complexity index is 1180. The number of hydrogen-bond acceptors (Lipinski definition) is 6. The molecule has 2 aromatic carbocycles. The minimum atomic E-state index is 0.0494. The number of rotatable bonds is 1. The standard InChI is InChI=1S/C26H27N5O2/c1-30-10-12-31(13-11-30)25(32)21-15-19-5-2-3-14-33-23-7-4-6-20(18-23)24-8-9-27-26(29-24)28-22(16-19)17-21/h2,4-9,15-18H,3,10-14H2,1H3,(H,27,28,29)/b5-2+. The van der Waals surface area contributed by atoms with Crippen LogP contribution in [-0.2, 0) is 0 Å². The molecule has 0 aliphatic carbocycles. The van der Waals surface area contributed by atoms with Crippen molar-refractivity contribution in [3.63, 3.8) is 0 Å². The summed E-state index contributed by atoms with van der Waals surface area (Å²) in [5.41, 5.74) is 4.15. The number of likely N-dealkylation sites (N-methyl/N-ethyl adjacent to an activating group) is 1. The third kappa shape index (κ3) is 5.04. The highest BCUT2D eigenvalue weighted by Crippen LogP contribution is 2.25. The first-order chi connectivity index (χ1) is 16.1. The number of aromatic nitrogens is 2. The molecule has 168 valence electrons. The minimum Gasteiger partial charge on any atom is -0.493 e. The Kier molecular flexibility index (Phi) is 6.04. The van der Waals surface area contributed by atoms with Crippen LogP contribution < -0.4 is 10.1 Å². The largest absolute Gasteiger partial charge is 0.493 e. The molecule has 1 amide bonds. The van der Waals surface area contributed by atoms with Crippen molar-refractivity contribution in [3.8, 4) is 17.0 Å². The van der Waals surface area contributed by atoms with Crippen molar-refractivity contribution < 1.29 is 9.53 Å². The summed E-state index contributed by atoms with van der Waals surface area (Å²) >= 11 is 0. The zero-order valence-electron chi connectivity index (χ0n) is 18.7. The molecule has 3 heterocycles. The Labute approximate surface area is 193 Å². The predicted molar refractivity (Wildman–Crippen MR) is 130 cm³/mol. The highest BCUT2D eigenvalue weighted by atomic mass is 16.5. The van der Waals surface area contributed by atoms with Gasteiger partial charge in [0.25, 0.3) is 5.91 Å². The number of nitrogens with one attached hydrogen (secondary N) is 1. The monoisotopic (exact) mass is 441 g/mol. The maximum absolute atomic E-state index is 13.3. The van der Waals surface area contributed by atoms with Crippen LogP contribution in [0.25, 0.3) is 17.3 Å². The van der Waals surface area contributed by atoms with Gasteiger partial charge in [-0.1, -0.05) is 24.3 Å². The second-order valence-corrected chi connectivity index (χ2v) is 8.40. The van der Waals surface area contributed by atoms with E-state index in [-0.39, 0.29) is 5.91 Å². The number of amides is 1. The molecule has 33 heavy (non-hydrogen) atoms. The first-order valence-electron chi connectivity index (χ1n) is 11.3. The van der Waals surface area contributed by atoms with E-state index in [2.05, 4.69) is 33.3 Å². The molecule has 5 rings (SSSR count). The molecule has 0 saturated carbocycles. The first kappa shape index (κ1) is 21.2. The van der Waals surface area contributed by atoms with Gasteiger partial charge in [-0.3, -0.25) is 4.79 Å². The van der Waals surface area contributed by atoms with Crippen molar-refractivity contribution in [2.24, 2.45) is 0 Å². The Balaban J connectivity index is 1.50. The normalized spacial score (nSPS) is 17.2. The van der Waals surface area contributed by atoms with Crippen LogP contribution in [-0.4, -0.2) is 65.5 Å². The quantitative estimate of drug-likeness (QED) is 0.614. The van der Waals surface area contributed by atoms with Gasteiger partial charge in [0.2, 0.25) is 5.95 Å². The SMILES string of the molecule is CN1CCN(C(=O)c2cc3cc(c2)Nc2nccc(n2)-c2cccc(c2)OCC/C=C/3)CC1. The van der Waals surface area contributed by atoms with Crippen LogP contribution in [0.15, 0.2) is 60.8 Å². The minimum absolute atomic E-state index is 0.0494. The molecule has 0 radical (unpaired) electrons. The molecule has 7 nitrogen and oxygen atoms in total. The van der Waals surface area contributed by atoms with Crippen molar-refractivity contribution >= 4 is 23.6 Å². The maximum atomic E-state index is 13.3. The van der Waals surface area contributed by atoms with E-state index in [1.165, 1.54) is 0 Å². The average molecular weight is 442 g/mol. The molecule has 3 aromatic rings. The number of piperazine rings is 1. The van der Waals surface area contributed by atoms with Crippen LogP contribution in [0, 0.1) is 0 Å². The maximum Gasteiger partial charge on any atom is 0.254 e. The second kappa shape index (κ2) is 9.42. The summed E-state index contributed by atoms with van der Waals surface area (Å²) in [6, 6.07) is 15.6. The number of hydrogen-bond donors (Lipinski definition) is 1. The molecule has 0 unspecified atom stereocenters. The summed E-state index contributed by atoms with van der Waals surface area (Å²) in [4.78, 5) is 26.5. The highest BCUT2D eigenvalue weighted by molar-refractivity contribution is 5.96. The molecule has 1 aromatic heterocycles. The van der Waals surface area contributed by atoms with Crippen LogP contribution in [0.2, 0.25) is 0 Å². The van der Waals surface area contributed by atoms with Gasteiger partial charge in [0.15, 0.2) is 0 Å². The number of carbonyl (C=O) groups excluding carboxylic acids is 1. The summed E-state index contributed by atoms with van der Waals surface area (Å²) in [6.45, 7) is 3.81. The zero-order valence-corrected chi connectivity index (χ0v) is 18.7. The number of benzene rings is 2. The Morgan fingerprint density at radius 1 is 1.06 bits per heavy atom. The third-order valence-electron chi connectivity index (χ3n) is 5.90. The van der Waals surface area contributed by atoms with E-state index in [1.807, 2.05) is 59.5 Å². The van der Waals surface area contributed by atoms with Gasteiger partial charge in [-0.15, -0.1) is 0 Å². The van der Waals surface area contributed by atoms with Crippen molar-refractivity contribution in [2.45, 2.75) is 6.42 Å². The molecular weight excluding hydrogens is 414 g/mol. The fourth-order valence-corrected chi connectivity index (χ4v) is 4.05. The van der Waals surface area contributed by atoms with Crippen molar-refractivity contribution in [1.29, 1.82) is 0 Å². The second-order valence-electron chi connectivity index (χ2n) is 8.40. The van der Waals surface area contributed by atoms with E-state index >= 15 is 0 Å². The van der Waals surface area contributed by atoms with E-state index in [0.29, 0.717) is 18.1 Å². The number of anilines is 2. The average Bonchev–Trinajstić information content (AvgIpc) is 2.84. The smallest absolute Gasteiger partial charge is 0.254 e. The van der Waals surface area contributed by atoms with Gasteiger partial charge >= 0.3 is 0 Å². The Hall–Kier alpha value is -3.71. The Morgan fingerprint density at radius 3 is 2.82 bits per heavy atom. The highest BCUT2D eigenvalue weighted by Gasteiger charge is 2.21. The predicted octanol–water partition coefficient (Wildman–Crippen LogP) is 4.07. The summed E-state index contributed by atoms with van der Waals surface area (Å²) in [5.74, 6) is 1.34. The summed E-state index contributed by atoms with van der Waals surface area (Å²) < 4.78 is 5.92. The van der Waals surface area contributed by atoms with Gasteiger partial charge in [0.1, 0.15) is 5.75 Å². The van der Waals surface area contributed by atoms with E-state index in [9.17, 15) is 4.79 Å². The first-order valence-corrected chi connectivity index (χ1v) is 11.3. The molecule has 2 aliphatic heterocycles. The van der Waals surface area contributed by atoms with Crippen molar-refractivity contribution in [1.82, 2.24) is 19.8 Å². The van der Waals surface area contributed by atoms with E-state index in [1.54, 1.807) is 6.20 Å². The molecule has 0 spiro atoms. The lowest BCUT2D eigenvalue weighted by Crippen LogP contribution is -2.47. The number of fused-ring (bicyclic) bond motifs is 7. The third-order valence-corrected chi connectivity index (χ3v) is 5.90. The van der Waals surface area contributed by atoms with Gasteiger partial charge < -0.3 is 19.9 Å². The van der Waals surface area contributed by atoms with E-state index in [4.69, 9.17) is 4.74 Å². The van der Waals surface area contributed by atoms with Crippen LogP contribution in [0.1, 0.15) is 22.3 Å². The van der Waals surface area contributed by atoms with Gasteiger partial charge in [-0.2, -0.15) is 0 Å². The summed E-state index contributed by atoms with van der Waals surface area (Å²) in [5, 5.41) is 3.30. The lowest BCUT2D eigenvalue weighted by Gasteiger charge is -2.32. The van der Waals surface area contributed by atoms with Gasteiger partial charge in [0.05, 0.1) is 12.3 Å². The van der Waals surface area contributed by atoms with E-state index in [0.717, 1.165) is 60.9 Å². The molecule has 0 atom stereocenters. The molecule has 7 heteroatoms. The van der Waals surface area contributed by atoms with Gasteiger partial charge in [0, 0.05) is 49.2 Å². The molecule has 1 fully saturated rings. The molecule has 6 bridgehead atoms. The van der Waals surface area contributed by atoms with Crippen molar-refractivity contribution in [3.05, 3.63) is 71.9 Å². The van der Waals surface area contributed by atoms with Crippen molar-refractivity contribution in [2.75, 3.05) is 45.2 Å². The fourth-order valence-electron chi connectivity index (χ4n) is 4.05. The molecule has 1 N–H and O–H groups in total. The lowest BCUT2D eigenvalue weighted by atomic mass is 10.1. The van der Waals surface area contributed by atoms with Crippen LogP contribution in [0.5, 0.6) is 5.75 Å². The van der Waals surface area contributed by atoms with Gasteiger partial charge in [-0.25, -0.2) is 9.97 Å². The number of ether oxygens (including phenoxy) is 1. The van der Waals surface area contributed by atoms with Crippen LogP contribution >= 0.6 is 0 Å². The number of carbonyl (C=O) groups is 1. The molecule has 2 aliphatic rings. The Morgan fingerprint density at radius 2 is 1.94 bits per heavy atom. The summed E-state index contributed by atoms with van der Waals surface area (Å²) in [7, 11) is 2.08. The molecule has 1 saturated heterocycles.